The second-order valence-electron chi connectivity index (χ2n) is 4.76. The van der Waals surface area contributed by atoms with Gasteiger partial charge in [0, 0.05) is 29.5 Å². The van der Waals surface area contributed by atoms with Crippen molar-refractivity contribution in [2.75, 3.05) is 0 Å². The van der Waals surface area contributed by atoms with Crippen molar-refractivity contribution in [3.05, 3.63) is 76.5 Å². The molecule has 0 aliphatic heterocycles. The summed E-state index contributed by atoms with van der Waals surface area (Å²) in [6, 6.07) is 15.5. The fourth-order valence-corrected chi connectivity index (χ4v) is 2.22. The number of rotatable bonds is 4. The Bertz CT molecular complexity index is 855. The number of nitro benzene ring substituents is 1. The fraction of sp³-hybridized carbons (Fsp3) is 0. The van der Waals surface area contributed by atoms with Crippen LogP contribution in [-0.2, 0) is 0 Å². The number of hydrogen-bond donors (Lipinski definition) is 1. The SMILES string of the molecule is O=[N+]([O-])c1ccc(-c2nn(-c3ccccc3)cc2/C=N\O)cc1. The van der Waals surface area contributed by atoms with Crippen LogP contribution in [0.25, 0.3) is 16.9 Å². The third-order valence-electron chi connectivity index (χ3n) is 3.31. The van der Waals surface area contributed by atoms with Crippen molar-refractivity contribution in [1.29, 1.82) is 0 Å². The molecule has 0 aliphatic rings. The Morgan fingerprint density at radius 2 is 1.83 bits per heavy atom. The molecule has 0 spiro atoms. The van der Waals surface area contributed by atoms with Crippen molar-refractivity contribution < 1.29 is 10.1 Å². The van der Waals surface area contributed by atoms with Gasteiger partial charge in [-0.15, -0.1) is 0 Å². The Labute approximate surface area is 131 Å². The van der Waals surface area contributed by atoms with Gasteiger partial charge in [0.15, 0.2) is 0 Å². The lowest BCUT2D eigenvalue weighted by atomic mass is 10.1. The number of oxime groups is 1. The van der Waals surface area contributed by atoms with E-state index in [0.29, 0.717) is 16.8 Å². The highest BCUT2D eigenvalue weighted by molar-refractivity contribution is 5.88. The van der Waals surface area contributed by atoms with Gasteiger partial charge in [-0.25, -0.2) is 4.68 Å². The first-order valence-corrected chi connectivity index (χ1v) is 6.76. The van der Waals surface area contributed by atoms with Gasteiger partial charge in [-0.2, -0.15) is 5.10 Å². The molecule has 0 radical (unpaired) electrons. The first-order valence-electron chi connectivity index (χ1n) is 6.76. The summed E-state index contributed by atoms with van der Waals surface area (Å²) in [4.78, 5) is 10.3. The molecule has 1 heterocycles. The van der Waals surface area contributed by atoms with E-state index in [-0.39, 0.29) is 5.69 Å². The lowest BCUT2D eigenvalue weighted by molar-refractivity contribution is -0.384. The highest BCUT2D eigenvalue weighted by Crippen LogP contribution is 2.24. The highest BCUT2D eigenvalue weighted by atomic mass is 16.6. The monoisotopic (exact) mass is 308 g/mol. The normalized spacial score (nSPS) is 11.0. The van der Waals surface area contributed by atoms with Crippen LogP contribution in [-0.4, -0.2) is 26.1 Å². The molecule has 23 heavy (non-hydrogen) atoms. The van der Waals surface area contributed by atoms with Crippen LogP contribution in [0.1, 0.15) is 5.56 Å². The minimum atomic E-state index is -0.456. The molecular weight excluding hydrogens is 296 g/mol. The van der Waals surface area contributed by atoms with E-state index in [1.807, 2.05) is 30.3 Å². The zero-order chi connectivity index (χ0) is 16.2. The van der Waals surface area contributed by atoms with Crippen LogP contribution in [0.5, 0.6) is 0 Å². The number of hydrogen-bond acceptors (Lipinski definition) is 5. The maximum absolute atomic E-state index is 10.7. The number of non-ortho nitro benzene ring substituents is 1. The molecule has 0 fully saturated rings. The number of benzene rings is 2. The molecular formula is C16H12N4O3. The van der Waals surface area contributed by atoms with Gasteiger partial charge in [0.1, 0.15) is 5.69 Å². The van der Waals surface area contributed by atoms with Gasteiger partial charge < -0.3 is 5.21 Å². The quantitative estimate of drug-likeness (QED) is 0.346. The van der Waals surface area contributed by atoms with Gasteiger partial charge >= 0.3 is 0 Å². The van der Waals surface area contributed by atoms with Crippen molar-refractivity contribution in [3.8, 4) is 16.9 Å². The average molecular weight is 308 g/mol. The van der Waals surface area contributed by atoms with Crippen molar-refractivity contribution in [2.45, 2.75) is 0 Å². The lowest BCUT2D eigenvalue weighted by Gasteiger charge is -2.00. The maximum Gasteiger partial charge on any atom is 0.269 e. The molecule has 3 rings (SSSR count). The predicted molar refractivity (Wildman–Crippen MR) is 85.0 cm³/mol. The largest absolute Gasteiger partial charge is 0.411 e. The summed E-state index contributed by atoms with van der Waals surface area (Å²) < 4.78 is 1.66. The van der Waals surface area contributed by atoms with Crippen LogP contribution in [0.4, 0.5) is 5.69 Å². The van der Waals surface area contributed by atoms with Crippen LogP contribution in [0.2, 0.25) is 0 Å². The van der Waals surface area contributed by atoms with E-state index in [2.05, 4.69) is 10.3 Å². The predicted octanol–water partition coefficient (Wildman–Crippen LogP) is 3.26. The zero-order valence-electron chi connectivity index (χ0n) is 11.9. The topological polar surface area (TPSA) is 93.5 Å². The Morgan fingerprint density at radius 3 is 2.43 bits per heavy atom. The smallest absolute Gasteiger partial charge is 0.269 e. The van der Waals surface area contributed by atoms with Crippen molar-refractivity contribution in [1.82, 2.24) is 9.78 Å². The molecule has 1 N–H and O–H groups in total. The Hall–Kier alpha value is -3.48. The summed E-state index contributed by atoms with van der Waals surface area (Å²) >= 11 is 0. The molecule has 1 aromatic heterocycles. The van der Waals surface area contributed by atoms with Gasteiger partial charge in [0.25, 0.3) is 5.69 Å². The van der Waals surface area contributed by atoms with Crippen LogP contribution in [0.15, 0.2) is 65.9 Å². The number of aromatic nitrogens is 2. The van der Waals surface area contributed by atoms with Crippen LogP contribution in [0.3, 0.4) is 0 Å². The summed E-state index contributed by atoms with van der Waals surface area (Å²) in [6.07, 6.45) is 3.01. The van der Waals surface area contributed by atoms with Crippen molar-refractivity contribution >= 4 is 11.9 Å². The fourth-order valence-electron chi connectivity index (χ4n) is 2.22. The molecule has 3 aromatic rings. The lowest BCUT2D eigenvalue weighted by Crippen LogP contribution is -1.94. The number of para-hydroxylation sites is 1. The third kappa shape index (κ3) is 2.93. The van der Waals surface area contributed by atoms with Gasteiger partial charge in [-0.1, -0.05) is 23.4 Å². The van der Waals surface area contributed by atoms with Crippen LogP contribution < -0.4 is 0 Å². The van der Waals surface area contributed by atoms with Crippen molar-refractivity contribution in [2.24, 2.45) is 5.16 Å². The first kappa shape index (κ1) is 14.5. The summed E-state index contributed by atoms with van der Waals surface area (Å²) in [6.45, 7) is 0. The summed E-state index contributed by atoms with van der Waals surface area (Å²) in [7, 11) is 0. The van der Waals surface area contributed by atoms with E-state index in [4.69, 9.17) is 5.21 Å². The van der Waals surface area contributed by atoms with E-state index in [0.717, 1.165) is 5.69 Å². The maximum atomic E-state index is 10.7. The van der Waals surface area contributed by atoms with E-state index in [1.54, 1.807) is 23.0 Å². The van der Waals surface area contributed by atoms with Gasteiger partial charge in [0.2, 0.25) is 0 Å². The molecule has 0 aliphatic carbocycles. The molecule has 7 heteroatoms. The second-order valence-corrected chi connectivity index (χ2v) is 4.76. The highest BCUT2D eigenvalue weighted by Gasteiger charge is 2.13. The molecule has 2 aromatic carbocycles. The first-order chi connectivity index (χ1) is 11.2. The minimum absolute atomic E-state index is 0.00798. The number of nitrogens with zero attached hydrogens (tertiary/aromatic N) is 4. The Balaban J connectivity index is 2.07. The Kier molecular flexibility index (Phi) is 3.84. The average Bonchev–Trinajstić information content (AvgIpc) is 3.00. The van der Waals surface area contributed by atoms with E-state index in [1.165, 1.54) is 18.3 Å². The summed E-state index contributed by atoms with van der Waals surface area (Å²) in [5, 5.41) is 27.1. The molecule has 0 unspecified atom stereocenters. The second kappa shape index (κ2) is 6.10. The minimum Gasteiger partial charge on any atom is -0.411 e. The molecule has 0 atom stereocenters. The molecule has 0 bridgehead atoms. The van der Waals surface area contributed by atoms with E-state index >= 15 is 0 Å². The number of nitro groups is 1. The molecule has 0 amide bonds. The molecule has 7 nitrogen and oxygen atoms in total. The molecule has 114 valence electrons. The Morgan fingerprint density at radius 1 is 1.13 bits per heavy atom. The van der Waals surface area contributed by atoms with Crippen molar-refractivity contribution in [3.63, 3.8) is 0 Å². The van der Waals surface area contributed by atoms with Gasteiger partial charge in [-0.05, 0) is 24.3 Å². The van der Waals surface area contributed by atoms with Gasteiger partial charge in [0.05, 0.1) is 16.8 Å². The van der Waals surface area contributed by atoms with Crippen LogP contribution in [0, 0.1) is 10.1 Å². The van der Waals surface area contributed by atoms with E-state index < -0.39 is 4.92 Å². The summed E-state index contributed by atoms with van der Waals surface area (Å²) in [5.41, 5.74) is 2.73. The molecule has 0 saturated carbocycles. The van der Waals surface area contributed by atoms with Gasteiger partial charge in [-0.3, -0.25) is 10.1 Å². The third-order valence-corrected chi connectivity index (χ3v) is 3.31. The standard InChI is InChI=1S/C16H12N4O3/c21-17-10-13-11-19(14-4-2-1-3-5-14)18-16(13)12-6-8-15(9-7-12)20(22)23/h1-11,21H/b17-10-. The molecule has 0 saturated heterocycles. The van der Waals surface area contributed by atoms with Crippen LogP contribution >= 0.6 is 0 Å². The summed E-state index contributed by atoms with van der Waals surface area (Å²) in [5.74, 6) is 0. The van der Waals surface area contributed by atoms with E-state index in [9.17, 15) is 10.1 Å². The zero-order valence-corrected chi connectivity index (χ0v) is 11.9.